The van der Waals surface area contributed by atoms with Crippen molar-refractivity contribution in [1.82, 2.24) is 9.80 Å². The lowest BCUT2D eigenvalue weighted by Crippen LogP contribution is -2.48. The molecular formula is C33H38F2N4O4S. The van der Waals surface area contributed by atoms with E-state index in [-0.39, 0.29) is 40.3 Å². The van der Waals surface area contributed by atoms with Crippen LogP contribution in [0.5, 0.6) is 5.75 Å². The van der Waals surface area contributed by atoms with Gasteiger partial charge in [-0.1, -0.05) is 43.5 Å². The van der Waals surface area contributed by atoms with E-state index >= 15 is 0 Å². The molecule has 2 aliphatic rings. The Labute approximate surface area is 257 Å². The average Bonchev–Trinajstić information content (AvgIpc) is 3.04. The van der Waals surface area contributed by atoms with Crippen LogP contribution in [0.15, 0.2) is 64.5 Å². The van der Waals surface area contributed by atoms with Crippen molar-refractivity contribution in [3.8, 4) is 5.75 Å². The van der Waals surface area contributed by atoms with Crippen molar-refractivity contribution in [2.45, 2.75) is 56.4 Å². The number of anilines is 1. The first-order valence-corrected chi connectivity index (χ1v) is 16.5. The molecule has 1 aliphatic carbocycles. The van der Waals surface area contributed by atoms with E-state index in [4.69, 9.17) is 4.74 Å². The van der Waals surface area contributed by atoms with Crippen LogP contribution in [0.1, 0.15) is 66.4 Å². The molecular weight excluding hydrogens is 586 g/mol. The molecule has 3 aromatic carbocycles. The number of aliphatic imine (C=N–C) groups is 1. The molecule has 0 spiro atoms. The van der Waals surface area contributed by atoms with Crippen LogP contribution in [0.4, 0.5) is 20.2 Å². The number of carbonyl (C=O) groups excluding carboxylic acids is 1. The number of amides is 1. The Morgan fingerprint density at radius 1 is 1.02 bits per heavy atom. The number of hydrogen-bond donors (Lipinski definition) is 1. The van der Waals surface area contributed by atoms with Gasteiger partial charge in [0.05, 0.1) is 18.5 Å². The summed E-state index contributed by atoms with van der Waals surface area (Å²) >= 11 is 0. The number of benzene rings is 3. The number of carbonyl (C=O) groups is 1. The highest BCUT2D eigenvalue weighted by Crippen LogP contribution is 2.41. The Morgan fingerprint density at radius 3 is 2.45 bits per heavy atom. The van der Waals surface area contributed by atoms with Gasteiger partial charge in [0, 0.05) is 50.1 Å². The minimum absolute atomic E-state index is 0.0943. The molecule has 44 heavy (non-hydrogen) atoms. The fraction of sp³-hybridized carbons (Fsp3) is 0.394. The number of nitrogens with zero attached hydrogens (tertiary/aromatic N) is 3. The van der Waals surface area contributed by atoms with Crippen molar-refractivity contribution >= 4 is 33.5 Å². The summed E-state index contributed by atoms with van der Waals surface area (Å²) in [5.41, 5.74) is 2.24. The molecule has 8 nitrogen and oxygen atoms in total. The first-order valence-electron chi connectivity index (χ1n) is 15.0. The van der Waals surface area contributed by atoms with Crippen LogP contribution in [0.25, 0.3) is 0 Å². The van der Waals surface area contributed by atoms with Crippen molar-refractivity contribution in [3.63, 3.8) is 0 Å². The molecule has 0 atom stereocenters. The third-order valence-electron chi connectivity index (χ3n) is 8.40. The third kappa shape index (κ3) is 6.94. The molecule has 3 aromatic rings. The maximum absolute atomic E-state index is 14.1. The zero-order chi connectivity index (χ0) is 31.3. The number of rotatable bonds is 9. The Hall–Kier alpha value is -3.83. The largest absolute Gasteiger partial charge is 0.495 e. The standard InChI is InChI=1S/C33H38F2N4O4S/c1-3-36-32-26(23-9-5-4-6-10-23)12-8-14-30(32)44(41,42)37-28-16-15-24(21-29(28)43-2)33(40)39-19-17-38(18-20-39)22-25-11-7-13-27(34)31(25)35/h3,7-8,11-16,21,23,37H,4-6,9-10,17-20,22H2,1-2H3. The van der Waals surface area contributed by atoms with E-state index in [0.29, 0.717) is 37.4 Å². The Bertz CT molecular complexity index is 1630. The molecule has 11 heteroatoms. The fourth-order valence-electron chi connectivity index (χ4n) is 6.08. The number of methoxy groups -OCH3 is 1. The van der Waals surface area contributed by atoms with E-state index in [1.807, 2.05) is 11.0 Å². The highest BCUT2D eigenvalue weighted by atomic mass is 32.2. The molecule has 0 bridgehead atoms. The summed E-state index contributed by atoms with van der Waals surface area (Å²) in [5, 5.41) is 0. The minimum atomic E-state index is -4.05. The summed E-state index contributed by atoms with van der Waals surface area (Å²) < 4.78 is 63.3. The van der Waals surface area contributed by atoms with E-state index in [2.05, 4.69) is 9.71 Å². The van der Waals surface area contributed by atoms with Crippen LogP contribution >= 0.6 is 0 Å². The van der Waals surface area contributed by atoms with Crippen molar-refractivity contribution in [2.24, 2.45) is 4.99 Å². The molecule has 1 N–H and O–H groups in total. The zero-order valence-electron chi connectivity index (χ0n) is 25.1. The quantitative estimate of drug-likeness (QED) is 0.275. The van der Waals surface area contributed by atoms with Crippen LogP contribution in [-0.4, -0.2) is 63.6 Å². The molecule has 1 saturated carbocycles. The summed E-state index contributed by atoms with van der Waals surface area (Å²) in [6.07, 6.45) is 7.04. The van der Waals surface area contributed by atoms with E-state index < -0.39 is 21.7 Å². The second-order valence-electron chi connectivity index (χ2n) is 11.2. The summed E-state index contributed by atoms with van der Waals surface area (Å²) in [6, 6.07) is 14.1. The molecule has 0 aromatic heterocycles. The molecule has 5 rings (SSSR count). The van der Waals surface area contributed by atoms with Crippen LogP contribution in [0, 0.1) is 11.6 Å². The van der Waals surface area contributed by atoms with Crippen LogP contribution in [-0.2, 0) is 16.6 Å². The van der Waals surface area contributed by atoms with Crippen LogP contribution in [0.3, 0.4) is 0 Å². The SMILES string of the molecule is CC=Nc1c(C2CCCCC2)cccc1S(=O)(=O)Nc1ccc(C(=O)N2CCN(Cc3cccc(F)c3F)CC2)cc1OC. The van der Waals surface area contributed by atoms with Gasteiger partial charge in [-0.05, 0) is 61.6 Å². The highest BCUT2D eigenvalue weighted by molar-refractivity contribution is 7.92. The molecule has 1 aliphatic heterocycles. The van der Waals surface area contributed by atoms with Gasteiger partial charge in [-0.2, -0.15) is 0 Å². The molecule has 0 unspecified atom stereocenters. The third-order valence-corrected chi connectivity index (χ3v) is 9.80. The monoisotopic (exact) mass is 624 g/mol. The average molecular weight is 625 g/mol. The molecule has 1 amide bonds. The molecule has 0 radical (unpaired) electrons. The van der Waals surface area contributed by atoms with Crippen molar-refractivity contribution < 1.29 is 26.7 Å². The minimum Gasteiger partial charge on any atom is -0.495 e. The van der Waals surface area contributed by atoms with Crippen molar-refractivity contribution in [3.05, 3.63) is 82.9 Å². The Kier molecular flexibility index (Phi) is 9.95. The lowest BCUT2D eigenvalue weighted by molar-refractivity contribution is 0.0626. The number of halogens is 2. The number of ether oxygens (including phenoxy) is 1. The first-order chi connectivity index (χ1) is 21.2. The molecule has 1 heterocycles. The van der Waals surface area contributed by atoms with E-state index in [1.165, 1.54) is 31.7 Å². The van der Waals surface area contributed by atoms with Gasteiger partial charge >= 0.3 is 0 Å². The predicted molar refractivity (Wildman–Crippen MR) is 167 cm³/mol. The smallest absolute Gasteiger partial charge is 0.264 e. The predicted octanol–water partition coefficient (Wildman–Crippen LogP) is 6.50. The summed E-state index contributed by atoms with van der Waals surface area (Å²) in [6.45, 7) is 3.83. The van der Waals surface area contributed by atoms with E-state index in [1.54, 1.807) is 42.3 Å². The normalized spacial score (nSPS) is 16.8. The molecule has 234 valence electrons. The van der Waals surface area contributed by atoms with Crippen LogP contribution in [0.2, 0.25) is 0 Å². The van der Waals surface area contributed by atoms with Gasteiger partial charge in [0.25, 0.3) is 15.9 Å². The van der Waals surface area contributed by atoms with Gasteiger partial charge in [-0.25, -0.2) is 17.2 Å². The Balaban J connectivity index is 1.30. The first kappa shape index (κ1) is 31.6. The van der Waals surface area contributed by atoms with Gasteiger partial charge in [0.15, 0.2) is 11.6 Å². The Morgan fingerprint density at radius 2 is 1.75 bits per heavy atom. The second kappa shape index (κ2) is 13.9. The second-order valence-corrected chi connectivity index (χ2v) is 12.9. The van der Waals surface area contributed by atoms with Gasteiger partial charge in [0.1, 0.15) is 10.6 Å². The zero-order valence-corrected chi connectivity index (χ0v) is 25.9. The number of hydrogen-bond acceptors (Lipinski definition) is 6. The number of piperazine rings is 1. The topological polar surface area (TPSA) is 91.3 Å². The van der Waals surface area contributed by atoms with Crippen molar-refractivity contribution in [1.29, 1.82) is 0 Å². The van der Waals surface area contributed by atoms with Crippen LogP contribution < -0.4 is 9.46 Å². The lowest BCUT2D eigenvalue weighted by Gasteiger charge is -2.35. The lowest BCUT2D eigenvalue weighted by atomic mass is 9.83. The van der Waals surface area contributed by atoms with Gasteiger partial charge < -0.3 is 9.64 Å². The summed E-state index contributed by atoms with van der Waals surface area (Å²) in [4.78, 5) is 21.6. The molecule has 2 fully saturated rings. The van der Waals surface area contributed by atoms with Gasteiger partial charge in [-0.15, -0.1) is 0 Å². The number of para-hydroxylation sites is 1. The van der Waals surface area contributed by atoms with E-state index in [9.17, 15) is 22.0 Å². The maximum Gasteiger partial charge on any atom is 0.264 e. The maximum atomic E-state index is 14.1. The fourth-order valence-corrected chi connectivity index (χ4v) is 7.33. The number of sulfonamides is 1. The molecule has 1 saturated heterocycles. The van der Waals surface area contributed by atoms with Gasteiger partial charge in [-0.3, -0.25) is 19.4 Å². The van der Waals surface area contributed by atoms with Crippen molar-refractivity contribution in [2.75, 3.05) is 38.0 Å². The van der Waals surface area contributed by atoms with Gasteiger partial charge in [0.2, 0.25) is 0 Å². The van der Waals surface area contributed by atoms with E-state index in [0.717, 1.165) is 37.3 Å². The number of nitrogens with one attached hydrogen (secondary N) is 1. The summed E-state index contributed by atoms with van der Waals surface area (Å²) in [5.74, 6) is -1.47. The highest BCUT2D eigenvalue weighted by Gasteiger charge is 2.28. The summed E-state index contributed by atoms with van der Waals surface area (Å²) in [7, 11) is -2.63.